The first-order chi connectivity index (χ1) is 11.4. The molecular weight excluding hydrogens is 332 g/mol. The highest BCUT2D eigenvalue weighted by Gasteiger charge is 2.25. The van der Waals surface area contributed by atoms with E-state index in [1.165, 1.54) is 18.2 Å². The molecule has 0 aliphatic heterocycles. The third-order valence-corrected chi connectivity index (χ3v) is 6.08. The third kappa shape index (κ3) is 5.58. The number of sulfone groups is 1. The first-order valence-electron chi connectivity index (χ1n) is 8.92. The van der Waals surface area contributed by atoms with Gasteiger partial charge >= 0.3 is 0 Å². The van der Waals surface area contributed by atoms with Gasteiger partial charge < -0.3 is 11.1 Å². The van der Waals surface area contributed by atoms with E-state index in [2.05, 4.69) is 45.2 Å². The lowest BCUT2D eigenvalue weighted by Gasteiger charge is -2.31. The number of allylic oxidation sites excluding steroid dienone is 2. The summed E-state index contributed by atoms with van der Waals surface area (Å²) in [4.78, 5) is 0. The average molecular weight is 365 g/mol. The molecule has 0 saturated carbocycles. The highest BCUT2D eigenvalue weighted by atomic mass is 32.2. The normalized spacial score (nSPS) is 18.0. The highest BCUT2D eigenvalue weighted by Crippen LogP contribution is 2.40. The second-order valence-electron chi connectivity index (χ2n) is 8.58. The van der Waals surface area contributed by atoms with Crippen molar-refractivity contribution in [1.82, 2.24) is 5.32 Å². The molecule has 2 rings (SSSR count). The summed E-state index contributed by atoms with van der Waals surface area (Å²) in [6.45, 7) is 9.18. The third-order valence-electron chi connectivity index (χ3n) is 5.13. The molecule has 0 unspecified atom stereocenters. The maximum Gasteiger partial charge on any atom is 0.148 e. The van der Waals surface area contributed by atoms with Crippen LogP contribution in [0.5, 0.6) is 0 Å². The summed E-state index contributed by atoms with van der Waals surface area (Å²) in [5.41, 5.74) is 10.7. The molecule has 4 nitrogen and oxygen atoms in total. The van der Waals surface area contributed by atoms with Gasteiger partial charge in [0.15, 0.2) is 0 Å². The summed E-state index contributed by atoms with van der Waals surface area (Å²) < 4.78 is 22.7. The largest absolute Gasteiger partial charge is 0.398 e. The van der Waals surface area contributed by atoms with Crippen molar-refractivity contribution in [3.05, 3.63) is 35.4 Å². The standard InChI is InChI=1S/C20H32N2O2S/c1-19(2)10-8-15(9-11-19)17-14-16(6-7-18(17)21)20(3,4)22-12-13-25(5,23)24/h6-8,14,22H,9-13,21H2,1-5H3. The van der Waals surface area contributed by atoms with E-state index in [4.69, 9.17) is 5.73 Å². The first-order valence-corrected chi connectivity index (χ1v) is 11.0. The van der Waals surface area contributed by atoms with E-state index in [-0.39, 0.29) is 11.3 Å². The van der Waals surface area contributed by atoms with Crippen molar-refractivity contribution in [3.8, 4) is 0 Å². The number of nitrogen functional groups attached to an aromatic ring is 1. The lowest BCUT2D eigenvalue weighted by molar-refractivity contribution is 0.335. The Bertz CT molecular complexity index is 762. The van der Waals surface area contributed by atoms with Gasteiger partial charge in [0.05, 0.1) is 5.75 Å². The topological polar surface area (TPSA) is 72.2 Å². The van der Waals surface area contributed by atoms with Gasteiger partial charge in [-0.2, -0.15) is 0 Å². The van der Waals surface area contributed by atoms with E-state index in [1.54, 1.807) is 0 Å². The number of rotatable bonds is 6. The minimum atomic E-state index is -2.96. The molecule has 0 fully saturated rings. The van der Waals surface area contributed by atoms with E-state index in [1.807, 2.05) is 12.1 Å². The van der Waals surface area contributed by atoms with Gasteiger partial charge in [0, 0.05) is 29.6 Å². The lowest BCUT2D eigenvalue weighted by Crippen LogP contribution is -2.39. The predicted octanol–water partition coefficient (Wildman–Crippen LogP) is 3.73. The molecule has 0 aromatic heterocycles. The van der Waals surface area contributed by atoms with Crippen molar-refractivity contribution >= 4 is 21.1 Å². The van der Waals surface area contributed by atoms with E-state index in [0.29, 0.717) is 12.0 Å². The monoisotopic (exact) mass is 364 g/mol. The summed E-state index contributed by atoms with van der Waals surface area (Å²) >= 11 is 0. The van der Waals surface area contributed by atoms with Gasteiger partial charge in [-0.05, 0) is 61.8 Å². The fourth-order valence-electron chi connectivity index (χ4n) is 3.20. The van der Waals surface area contributed by atoms with Gasteiger partial charge in [0.25, 0.3) is 0 Å². The summed E-state index contributed by atoms with van der Waals surface area (Å²) in [5.74, 6) is 0.137. The smallest absolute Gasteiger partial charge is 0.148 e. The molecule has 0 bridgehead atoms. The zero-order valence-electron chi connectivity index (χ0n) is 16.1. The zero-order chi connectivity index (χ0) is 18.9. The second kappa shape index (κ2) is 7.12. The Hall–Kier alpha value is -1.33. The van der Waals surface area contributed by atoms with Crippen molar-refractivity contribution in [1.29, 1.82) is 0 Å². The van der Waals surface area contributed by atoms with Crippen LogP contribution in [-0.2, 0) is 15.4 Å². The quantitative estimate of drug-likeness (QED) is 0.755. The molecular formula is C20H32N2O2S. The molecule has 0 heterocycles. The minimum Gasteiger partial charge on any atom is -0.398 e. The fourth-order valence-corrected chi connectivity index (χ4v) is 3.67. The molecule has 1 aromatic rings. The number of anilines is 1. The number of nitrogens with one attached hydrogen (secondary N) is 1. The SMILES string of the molecule is CC1(C)CC=C(c2cc(C(C)(C)NCCS(C)(=O)=O)ccc2N)CC1. The Morgan fingerprint density at radius 1 is 1.28 bits per heavy atom. The van der Waals surface area contributed by atoms with Gasteiger partial charge in [0.1, 0.15) is 9.84 Å². The Morgan fingerprint density at radius 3 is 2.52 bits per heavy atom. The van der Waals surface area contributed by atoms with Crippen LogP contribution in [0.2, 0.25) is 0 Å². The molecule has 0 spiro atoms. The molecule has 0 amide bonds. The fraction of sp³-hybridized carbons (Fsp3) is 0.600. The van der Waals surface area contributed by atoms with Crippen LogP contribution in [0, 0.1) is 5.41 Å². The van der Waals surface area contributed by atoms with Crippen LogP contribution in [0.3, 0.4) is 0 Å². The van der Waals surface area contributed by atoms with Gasteiger partial charge in [0.2, 0.25) is 0 Å². The van der Waals surface area contributed by atoms with E-state index in [9.17, 15) is 8.42 Å². The van der Waals surface area contributed by atoms with E-state index < -0.39 is 9.84 Å². The molecule has 25 heavy (non-hydrogen) atoms. The molecule has 3 N–H and O–H groups in total. The van der Waals surface area contributed by atoms with Crippen LogP contribution in [0.1, 0.15) is 58.1 Å². The Morgan fingerprint density at radius 2 is 1.96 bits per heavy atom. The van der Waals surface area contributed by atoms with Crippen LogP contribution < -0.4 is 11.1 Å². The molecule has 1 aromatic carbocycles. The van der Waals surface area contributed by atoms with Crippen molar-refractivity contribution in [3.63, 3.8) is 0 Å². The molecule has 0 atom stereocenters. The molecule has 0 radical (unpaired) electrons. The van der Waals surface area contributed by atoms with Crippen molar-refractivity contribution in [2.75, 3.05) is 24.3 Å². The van der Waals surface area contributed by atoms with E-state index >= 15 is 0 Å². The lowest BCUT2D eigenvalue weighted by atomic mass is 9.76. The predicted molar refractivity (Wildman–Crippen MR) is 107 cm³/mol. The maximum absolute atomic E-state index is 11.3. The zero-order valence-corrected chi connectivity index (χ0v) is 17.0. The van der Waals surface area contributed by atoms with Crippen LogP contribution in [0.15, 0.2) is 24.3 Å². The van der Waals surface area contributed by atoms with Gasteiger partial charge in [-0.3, -0.25) is 0 Å². The molecule has 140 valence electrons. The number of benzene rings is 1. The maximum atomic E-state index is 11.3. The van der Waals surface area contributed by atoms with Gasteiger partial charge in [-0.15, -0.1) is 0 Å². The average Bonchev–Trinajstić information content (AvgIpc) is 2.46. The number of nitrogens with two attached hydrogens (primary N) is 1. The number of hydrogen-bond donors (Lipinski definition) is 2. The van der Waals surface area contributed by atoms with Crippen molar-refractivity contribution in [2.24, 2.45) is 5.41 Å². The minimum absolute atomic E-state index is 0.137. The van der Waals surface area contributed by atoms with Crippen molar-refractivity contribution < 1.29 is 8.42 Å². The molecule has 5 heteroatoms. The molecule has 1 aliphatic rings. The first kappa shape index (κ1) is 20.0. The summed E-state index contributed by atoms with van der Waals surface area (Å²) in [6, 6.07) is 6.15. The molecule has 1 aliphatic carbocycles. The van der Waals surface area contributed by atoms with Gasteiger partial charge in [-0.1, -0.05) is 26.0 Å². The van der Waals surface area contributed by atoms with Gasteiger partial charge in [-0.25, -0.2) is 8.42 Å². The highest BCUT2D eigenvalue weighted by molar-refractivity contribution is 7.90. The molecule has 0 saturated heterocycles. The second-order valence-corrected chi connectivity index (χ2v) is 10.8. The summed E-state index contributed by atoms with van der Waals surface area (Å²) in [6.07, 6.45) is 6.87. The van der Waals surface area contributed by atoms with Crippen LogP contribution in [-0.4, -0.2) is 27.0 Å². The Balaban J connectivity index is 2.22. The Kier molecular flexibility index (Phi) is 5.69. The van der Waals surface area contributed by atoms with Crippen LogP contribution in [0.25, 0.3) is 5.57 Å². The van der Waals surface area contributed by atoms with Crippen LogP contribution in [0.4, 0.5) is 5.69 Å². The van der Waals surface area contributed by atoms with Crippen molar-refractivity contribution in [2.45, 2.75) is 52.5 Å². The van der Waals surface area contributed by atoms with Crippen LogP contribution >= 0.6 is 0 Å². The summed E-state index contributed by atoms with van der Waals surface area (Å²) in [5, 5.41) is 3.36. The summed E-state index contributed by atoms with van der Waals surface area (Å²) in [7, 11) is -2.96. The van der Waals surface area contributed by atoms with E-state index in [0.717, 1.165) is 29.7 Å². The Labute approximate surface area is 152 Å². The number of hydrogen-bond acceptors (Lipinski definition) is 4.